The van der Waals surface area contributed by atoms with Crippen molar-refractivity contribution in [2.24, 2.45) is 0 Å². The Kier molecular flexibility index (Phi) is 6.45. The molecule has 1 rings (SSSR count). The second-order valence-corrected chi connectivity index (χ2v) is 4.17. The maximum atomic E-state index is 11.3. The van der Waals surface area contributed by atoms with Crippen LogP contribution < -0.4 is 4.74 Å². The second-order valence-electron chi connectivity index (χ2n) is 3.33. The highest BCUT2D eigenvalue weighted by atomic mass is 35.5. The quantitative estimate of drug-likeness (QED) is 0.756. The monoisotopic (exact) mass is 306 g/mol. The van der Waals surface area contributed by atoms with Gasteiger partial charge in [0.15, 0.2) is 13.2 Å². The number of ether oxygens (including phenoxy) is 3. The fourth-order valence-corrected chi connectivity index (χ4v) is 1.58. The molecule has 1 aromatic carbocycles. The Morgan fingerprint density at radius 2 is 1.79 bits per heavy atom. The number of hydrogen-bond donors (Lipinski definition) is 0. The van der Waals surface area contributed by atoms with E-state index in [1.54, 1.807) is 13.0 Å². The third-order valence-corrected chi connectivity index (χ3v) is 2.43. The van der Waals surface area contributed by atoms with E-state index in [2.05, 4.69) is 9.47 Å². The number of rotatable bonds is 6. The van der Waals surface area contributed by atoms with Crippen LogP contribution in [0.4, 0.5) is 0 Å². The summed E-state index contributed by atoms with van der Waals surface area (Å²) in [5, 5.41) is 0.743. The van der Waals surface area contributed by atoms with E-state index in [0.717, 1.165) is 0 Å². The highest BCUT2D eigenvalue weighted by Crippen LogP contribution is 2.27. The zero-order valence-electron chi connectivity index (χ0n) is 10.2. The van der Waals surface area contributed by atoms with Gasteiger partial charge in [-0.3, -0.25) is 0 Å². The molecule has 0 aliphatic rings. The molecular weight excluding hydrogens is 295 g/mol. The SMILES string of the molecule is CCOC(=O)COC(=O)COc1ccc(Cl)cc1Cl. The van der Waals surface area contributed by atoms with Crippen molar-refractivity contribution in [1.82, 2.24) is 0 Å². The van der Waals surface area contributed by atoms with Gasteiger partial charge in [-0.25, -0.2) is 9.59 Å². The average molecular weight is 307 g/mol. The molecule has 0 unspecified atom stereocenters. The van der Waals surface area contributed by atoms with E-state index in [-0.39, 0.29) is 18.2 Å². The van der Waals surface area contributed by atoms with Crippen molar-refractivity contribution in [2.45, 2.75) is 6.92 Å². The van der Waals surface area contributed by atoms with Gasteiger partial charge in [-0.15, -0.1) is 0 Å². The highest BCUT2D eigenvalue weighted by molar-refractivity contribution is 6.35. The minimum atomic E-state index is -0.695. The Balaban J connectivity index is 2.36. The molecule has 5 nitrogen and oxygen atoms in total. The molecule has 0 atom stereocenters. The van der Waals surface area contributed by atoms with Gasteiger partial charge in [-0.1, -0.05) is 23.2 Å². The van der Waals surface area contributed by atoms with Crippen molar-refractivity contribution in [3.05, 3.63) is 28.2 Å². The minimum absolute atomic E-state index is 0.229. The van der Waals surface area contributed by atoms with E-state index in [1.807, 2.05) is 0 Å². The molecule has 0 bridgehead atoms. The van der Waals surface area contributed by atoms with Gasteiger partial charge in [0.1, 0.15) is 5.75 Å². The van der Waals surface area contributed by atoms with E-state index < -0.39 is 18.5 Å². The molecule has 0 N–H and O–H groups in total. The molecule has 0 heterocycles. The summed E-state index contributed by atoms with van der Waals surface area (Å²) in [6.07, 6.45) is 0. The van der Waals surface area contributed by atoms with Crippen molar-refractivity contribution in [1.29, 1.82) is 0 Å². The molecular formula is C12H12Cl2O5. The summed E-state index contributed by atoms with van der Waals surface area (Å²) in [5.74, 6) is -1.00. The molecule has 0 radical (unpaired) electrons. The second kappa shape index (κ2) is 7.86. The van der Waals surface area contributed by atoms with Crippen LogP contribution in [0.5, 0.6) is 5.75 Å². The van der Waals surface area contributed by atoms with Crippen molar-refractivity contribution in [3.8, 4) is 5.75 Å². The van der Waals surface area contributed by atoms with Gasteiger partial charge >= 0.3 is 11.9 Å². The van der Waals surface area contributed by atoms with Crippen molar-refractivity contribution in [3.63, 3.8) is 0 Å². The zero-order chi connectivity index (χ0) is 14.3. The summed E-state index contributed by atoms with van der Waals surface area (Å²) in [5.41, 5.74) is 0. The fraction of sp³-hybridized carbons (Fsp3) is 0.333. The summed E-state index contributed by atoms with van der Waals surface area (Å²) in [6, 6.07) is 4.60. The van der Waals surface area contributed by atoms with Gasteiger partial charge < -0.3 is 14.2 Å². The van der Waals surface area contributed by atoms with Gasteiger partial charge in [-0.05, 0) is 25.1 Å². The van der Waals surface area contributed by atoms with E-state index in [0.29, 0.717) is 10.8 Å². The molecule has 0 aliphatic heterocycles. The molecule has 0 aliphatic carbocycles. The Morgan fingerprint density at radius 1 is 1.11 bits per heavy atom. The lowest BCUT2D eigenvalue weighted by Gasteiger charge is -2.08. The first-order chi connectivity index (χ1) is 9.02. The summed E-state index contributed by atoms with van der Waals surface area (Å²) >= 11 is 11.6. The maximum Gasteiger partial charge on any atom is 0.344 e. The van der Waals surface area contributed by atoms with Crippen LogP contribution in [0, 0.1) is 0 Å². The molecule has 0 aromatic heterocycles. The lowest BCUT2D eigenvalue weighted by molar-refractivity contribution is -0.159. The topological polar surface area (TPSA) is 61.8 Å². The Hall–Kier alpha value is -1.46. The number of halogens is 2. The predicted molar refractivity (Wildman–Crippen MR) is 69.5 cm³/mol. The van der Waals surface area contributed by atoms with Crippen molar-refractivity contribution >= 4 is 35.1 Å². The summed E-state index contributed by atoms with van der Waals surface area (Å²) in [4.78, 5) is 22.2. The van der Waals surface area contributed by atoms with Crippen LogP contribution in [0.15, 0.2) is 18.2 Å². The third kappa shape index (κ3) is 5.81. The molecule has 0 fully saturated rings. The van der Waals surface area contributed by atoms with Gasteiger partial charge in [0, 0.05) is 5.02 Å². The number of carbonyl (C=O) groups is 2. The summed E-state index contributed by atoms with van der Waals surface area (Å²) in [6.45, 7) is 1.09. The summed E-state index contributed by atoms with van der Waals surface area (Å²) < 4.78 is 14.4. The van der Waals surface area contributed by atoms with Gasteiger partial charge in [0.25, 0.3) is 0 Å². The van der Waals surface area contributed by atoms with Crippen LogP contribution in [0.3, 0.4) is 0 Å². The Labute approximate surface area is 120 Å². The van der Waals surface area contributed by atoms with E-state index in [1.165, 1.54) is 12.1 Å². The van der Waals surface area contributed by atoms with Crippen molar-refractivity contribution < 1.29 is 23.8 Å². The Bertz CT molecular complexity index is 461. The van der Waals surface area contributed by atoms with Crippen LogP contribution in [0.1, 0.15) is 6.92 Å². The maximum absolute atomic E-state index is 11.3. The van der Waals surface area contributed by atoms with Crippen LogP contribution in [0.25, 0.3) is 0 Å². The Morgan fingerprint density at radius 3 is 2.42 bits per heavy atom. The zero-order valence-corrected chi connectivity index (χ0v) is 11.7. The highest BCUT2D eigenvalue weighted by Gasteiger charge is 2.10. The number of hydrogen-bond acceptors (Lipinski definition) is 5. The first kappa shape index (κ1) is 15.6. The molecule has 104 valence electrons. The lowest BCUT2D eigenvalue weighted by Crippen LogP contribution is -2.20. The van der Waals surface area contributed by atoms with Crippen LogP contribution >= 0.6 is 23.2 Å². The molecule has 0 saturated carbocycles. The first-order valence-corrected chi connectivity index (χ1v) is 6.17. The fourth-order valence-electron chi connectivity index (χ4n) is 1.11. The molecule has 0 saturated heterocycles. The minimum Gasteiger partial charge on any atom is -0.480 e. The van der Waals surface area contributed by atoms with Gasteiger partial charge in [-0.2, -0.15) is 0 Å². The lowest BCUT2D eigenvalue weighted by atomic mass is 10.3. The normalized spacial score (nSPS) is 9.84. The number of esters is 2. The standard InChI is InChI=1S/C12H12Cl2O5/c1-2-17-11(15)7-19-12(16)6-18-10-4-3-8(13)5-9(10)14/h3-5H,2,6-7H2,1H3. The van der Waals surface area contributed by atoms with Crippen LogP contribution in [-0.4, -0.2) is 31.8 Å². The van der Waals surface area contributed by atoms with E-state index in [4.69, 9.17) is 27.9 Å². The molecule has 0 amide bonds. The molecule has 1 aromatic rings. The predicted octanol–water partition coefficient (Wildman–Crippen LogP) is 2.48. The molecule has 0 spiro atoms. The van der Waals surface area contributed by atoms with Crippen LogP contribution in [-0.2, 0) is 19.1 Å². The first-order valence-electron chi connectivity index (χ1n) is 5.42. The van der Waals surface area contributed by atoms with Gasteiger partial charge in [0.05, 0.1) is 11.6 Å². The number of benzene rings is 1. The third-order valence-electron chi connectivity index (χ3n) is 1.90. The largest absolute Gasteiger partial charge is 0.480 e. The van der Waals surface area contributed by atoms with Crippen molar-refractivity contribution in [2.75, 3.05) is 19.8 Å². The van der Waals surface area contributed by atoms with E-state index in [9.17, 15) is 9.59 Å². The molecule has 19 heavy (non-hydrogen) atoms. The smallest absolute Gasteiger partial charge is 0.344 e. The number of carbonyl (C=O) groups excluding carboxylic acids is 2. The summed E-state index contributed by atoms with van der Waals surface area (Å²) in [7, 11) is 0. The average Bonchev–Trinajstić information content (AvgIpc) is 2.35. The van der Waals surface area contributed by atoms with E-state index >= 15 is 0 Å². The molecule has 7 heteroatoms. The van der Waals surface area contributed by atoms with Gasteiger partial charge in [0.2, 0.25) is 0 Å². The van der Waals surface area contributed by atoms with Crippen LogP contribution in [0.2, 0.25) is 10.0 Å².